The van der Waals surface area contributed by atoms with Crippen LogP contribution in [0.1, 0.15) is 36.6 Å². The second-order valence-corrected chi connectivity index (χ2v) is 5.55. The van der Waals surface area contributed by atoms with Crippen molar-refractivity contribution in [2.24, 2.45) is 0 Å². The van der Waals surface area contributed by atoms with Crippen molar-refractivity contribution in [1.82, 2.24) is 15.5 Å². The van der Waals surface area contributed by atoms with Gasteiger partial charge >= 0.3 is 0 Å². The van der Waals surface area contributed by atoms with Gasteiger partial charge < -0.3 is 15.1 Å². The van der Waals surface area contributed by atoms with Crippen LogP contribution in [0.3, 0.4) is 0 Å². The number of carbonyl (C=O) groups excluding carboxylic acids is 2. The molecule has 0 unspecified atom stereocenters. The molecule has 1 aromatic rings. The fourth-order valence-corrected chi connectivity index (χ4v) is 2.61. The summed E-state index contributed by atoms with van der Waals surface area (Å²) in [5, 5.41) is 5.46. The summed E-state index contributed by atoms with van der Waals surface area (Å²) in [5.41, 5.74) is 1.21. The van der Waals surface area contributed by atoms with Crippen molar-refractivity contribution in [3.8, 4) is 0 Å². The molecule has 1 aromatic heterocycles. The molecule has 1 atom stereocenters. The number of rotatable bonds is 5. The van der Waals surface area contributed by atoms with Crippen molar-refractivity contribution in [1.29, 1.82) is 0 Å². The third-order valence-corrected chi connectivity index (χ3v) is 3.73. The Morgan fingerprint density at radius 2 is 2.18 bits per heavy atom. The van der Waals surface area contributed by atoms with Crippen LogP contribution in [-0.2, 0) is 11.3 Å². The van der Waals surface area contributed by atoms with Crippen LogP contribution >= 0.6 is 0 Å². The van der Waals surface area contributed by atoms with Crippen LogP contribution in [0.15, 0.2) is 28.2 Å². The molecule has 6 heteroatoms. The van der Waals surface area contributed by atoms with E-state index in [1.807, 2.05) is 13.0 Å². The predicted octanol–water partition coefficient (Wildman–Crippen LogP) is 1.30. The van der Waals surface area contributed by atoms with Gasteiger partial charge in [0, 0.05) is 33.1 Å². The molecule has 2 N–H and O–H groups in total. The minimum atomic E-state index is -0.218. The van der Waals surface area contributed by atoms with Crippen LogP contribution in [0.25, 0.3) is 0 Å². The molecule has 0 saturated heterocycles. The van der Waals surface area contributed by atoms with E-state index < -0.39 is 0 Å². The molecule has 0 spiro atoms. The first-order valence-corrected chi connectivity index (χ1v) is 7.48. The molecule has 0 radical (unpaired) electrons. The lowest BCUT2D eigenvalue weighted by Crippen LogP contribution is -2.39. The van der Waals surface area contributed by atoms with Crippen molar-refractivity contribution < 1.29 is 14.0 Å². The first-order valence-electron chi connectivity index (χ1n) is 7.48. The molecular formula is C16H23N3O3. The number of hydrogen-bond acceptors (Lipinski definition) is 4. The molecule has 22 heavy (non-hydrogen) atoms. The fourth-order valence-electron chi connectivity index (χ4n) is 2.61. The van der Waals surface area contributed by atoms with Gasteiger partial charge in [0.15, 0.2) is 5.76 Å². The molecule has 0 aromatic carbocycles. The van der Waals surface area contributed by atoms with Crippen LogP contribution in [0.4, 0.5) is 0 Å². The maximum absolute atomic E-state index is 11.5. The Balaban J connectivity index is 1.94. The Hall–Kier alpha value is -2.08. The molecule has 2 rings (SSSR count). The lowest BCUT2D eigenvalue weighted by atomic mass is 10.0. The predicted molar refractivity (Wildman–Crippen MR) is 83.4 cm³/mol. The van der Waals surface area contributed by atoms with Gasteiger partial charge in [-0.25, -0.2) is 0 Å². The molecule has 0 fully saturated rings. The summed E-state index contributed by atoms with van der Waals surface area (Å²) in [7, 11) is 1.58. The Labute approximate surface area is 130 Å². The Bertz CT molecular complexity index is 577. The Morgan fingerprint density at radius 1 is 1.41 bits per heavy atom. The van der Waals surface area contributed by atoms with E-state index in [-0.39, 0.29) is 17.9 Å². The first kappa shape index (κ1) is 16.3. The molecule has 0 bridgehead atoms. The zero-order valence-electron chi connectivity index (χ0n) is 13.3. The SMILES string of the molecule is CNC(=O)c1ccc(CN2CCC=C([C@H](C)NC(C)=O)C2)o1. The standard InChI is InChI=1S/C16H23N3O3/c1-11(18-12(2)20)13-5-4-8-19(9-13)10-14-6-7-15(22-14)16(21)17-3/h5-7,11H,4,8-10H2,1-3H3,(H,17,21)(H,18,20)/t11-/m0/s1. The number of nitrogens with one attached hydrogen (secondary N) is 2. The van der Waals surface area contributed by atoms with Crippen molar-refractivity contribution in [2.75, 3.05) is 20.1 Å². The third kappa shape index (κ3) is 4.21. The molecule has 2 amide bonds. The lowest BCUT2D eigenvalue weighted by molar-refractivity contribution is -0.119. The molecule has 0 saturated carbocycles. The highest BCUT2D eigenvalue weighted by molar-refractivity contribution is 5.91. The highest BCUT2D eigenvalue weighted by atomic mass is 16.4. The number of carbonyl (C=O) groups is 2. The van der Waals surface area contributed by atoms with Gasteiger partial charge in [0.25, 0.3) is 5.91 Å². The van der Waals surface area contributed by atoms with Gasteiger partial charge in [0.2, 0.25) is 5.91 Å². The second kappa shape index (κ2) is 7.26. The Kier molecular flexibility index (Phi) is 5.38. The fraction of sp³-hybridized carbons (Fsp3) is 0.500. The zero-order chi connectivity index (χ0) is 16.1. The molecule has 0 aliphatic carbocycles. The normalized spacial score (nSPS) is 16.8. The van der Waals surface area contributed by atoms with E-state index in [2.05, 4.69) is 21.6 Å². The second-order valence-electron chi connectivity index (χ2n) is 5.55. The Morgan fingerprint density at radius 3 is 2.86 bits per heavy atom. The molecule has 6 nitrogen and oxygen atoms in total. The van der Waals surface area contributed by atoms with E-state index in [4.69, 9.17) is 4.42 Å². The van der Waals surface area contributed by atoms with Gasteiger partial charge in [-0.3, -0.25) is 14.5 Å². The summed E-state index contributed by atoms with van der Waals surface area (Å²) in [6.45, 7) is 5.90. The maximum atomic E-state index is 11.5. The van der Waals surface area contributed by atoms with Gasteiger partial charge in [0.1, 0.15) is 5.76 Å². The number of nitrogens with zero attached hydrogens (tertiary/aromatic N) is 1. The number of furan rings is 1. The highest BCUT2D eigenvalue weighted by Gasteiger charge is 2.19. The summed E-state index contributed by atoms with van der Waals surface area (Å²) in [5.74, 6) is 0.862. The summed E-state index contributed by atoms with van der Waals surface area (Å²) in [6, 6.07) is 3.56. The van der Waals surface area contributed by atoms with Crippen LogP contribution < -0.4 is 10.6 Å². The van der Waals surface area contributed by atoms with E-state index in [9.17, 15) is 9.59 Å². The molecule has 2 heterocycles. The highest BCUT2D eigenvalue weighted by Crippen LogP contribution is 2.17. The quantitative estimate of drug-likeness (QED) is 0.804. The molecule has 1 aliphatic heterocycles. The van der Waals surface area contributed by atoms with Crippen molar-refractivity contribution in [3.63, 3.8) is 0 Å². The maximum Gasteiger partial charge on any atom is 0.286 e. The van der Waals surface area contributed by atoms with Gasteiger partial charge in [-0.1, -0.05) is 6.08 Å². The van der Waals surface area contributed by atoms with Crippen LogP contribution in [0, 0.1) is 0 Å². The number of amides is 2. The summed E-state index contributed by atoms with van der Waals surface area (Å²) < 4.78 is 5.56. The summed E-state index contributed by atoms with van der Waals surface area (Å²) in [4.78, 5) is 24.9. The van der Waals surface area contributed by atoms with E-state index in [0.29, 0.717) is 12.3 Å². The van der Waals surface area contributed by atoms with E-state index in [0.717, 1.165) is 25.3 Å². The first-order chi connectivity index (χ1) is 10.5. The minimum Gasteiger partial charge on any atom is -0.455 e. The molecular weight excluding hydrogens is 282 g/mol. The molecule has 120 valence electrons. The van der Waals surface area contributed by atoms with Crippen molar-refractivity contribution in [2.45, 2.75) is 32.9 Å². The average molecular weight is 305 g/mol. The van der Waals surface area contributed by atoms with E-state index in [1.165, 1.54) is 12.5 Å². The minimum absolute atomic E-state index is 0.0215. The smallest absolute Gasteiger partial charge is 0.286 e. The average Bonchev–Trinajstić information content (AvgIpc) is 2.94. The zero-order valence-corrected chi connectivity index (χ0v) is 13.3. The van der Waals surface area contributed by atoms with Gasteiger partial charge in [0.05, 0.1) is 6.54 Å². The topological polar surface area (TPSA) is 74.6 Å². The summed E-state index contributed by atoms with van der Waals surface area (Å²) in [6.07, 6.45) is 3.14. The largest absolute Gasteiger partial charge is 0.455 e. The van der Waals surface area contributed by atoms with Crippen LogP contribution in [0.2, 0.25) is 0 Å². The van der Waals surface area contributed by atoms with Crippen LogP contribution in [-0.4, -0.2) is 42.9 Å². The third-order valence-electron chi connectivity index (χ3n) is 3.73. The van der Waals surface area contributed by atoms with E-state index >= 15 is 0 Å². The number of hydrogen-bond donors (Lipinski definition) is 2. The van der Waals surface area contributed by atoms with Gasteiger partial charge in [-0.2, -0.15) is 0 Å². The lowest BCUT2D eigenvalue weighted by Gasteiger charge is -2.29. The van der Waals surface area contributed by atoms with Crippen molar-refractivity contribution >= 4 is 11.8 Å². The van der Waals surface area contributed by atoms with Crippen LogP contribution in [0.5, 0.6) is 0 Å². The monoisotopic (exact) mass is 305 g/mol. The van der Waals surface area contributed by atoms with Gasteiger partial charge in [-0.05, 0) is 31.1 Å². The van der Waals surface area contributed by atoms with Gasteiger partial charge in [-0.15, -0.1) is 0 Å². The van der Waals surface area contributed by atoms with Crippen molar-refractivity contribution in [3.05, 3.63) is 35.3 Å². The molecule has 1 aliphatic rings. The van der Waals surface area contributed by atoms with E-state index in [1.54, 1.807) is 13.1 Å². The summed E-state index contributed by atoms with van der Waals surface area (Å²) >= 11 is 0.